The smallest absolute Gasteiger partial charge is 0.330 e. The number of anilines is 1. The summed E-state index contributed by atoms with van der Waals surface area (Å²) >= 11 is 0. The summed E-state index contributed by atoms with van der Waals surface area (Å²) in [5.74, 6) is -0.874. The average Bonchev–Trinajstić information content (AvgIpc) is 2.71. The van der Waals surface area contributed by atoms with Crippen LogP contribution in [0, 0.1) is 15.9 Å². The van der Waals surface area contributed by atoms with E-state index in [1.807, 2.05) is 11.8 Å². The molecule has 0 spiro atoms. The molecule has 0 aliphatic carbocycles. The number of nitro groups is 1. The number of hydrogen-bond acceptors (Lipinski definition) is 6. The lowest BCUT2D eigenvalue weighted by Gasteiger charge is -2.38. The molecular formula is C21H21FN2O5. The van der Waals surface area contributed by atoms with Crippen molar-refractivity contribution in [1.82, 2.24) is 0 Å². The van der Waals surface area contributed by atoms with Crippen molar-refractivity contribution in [2.24, 2.45) is 0 Å². The van der Waals surface area contributed by atoms with Gasteiger partial charge >= 0.3 is 5.97 Å². The van der Waals surface area contributed by atoms with Gasteiger partial charge in [0.2, 0.25) is 0 Å². The van der Waals surface area contributed by atoms with Crippen molar-refractivity contribution in [2.45, 2.75) is 19.1 Å². The predicted molar refractivity (Wildman–Crippen MR) is 106 cm³/mol. The van der Waals surface area contributed by atoms with Crippen LogP contribution in [-0.4, -0.2) is 37.2 Å². The van der Waals surface area contributed by atoms with E-state index < -0.39 is 10.9 Å². The van der Waals surface area contributed by atoms with Crippen molar-refractivity contribution in [3.8, 4) is 0 Å². The average molecular weight is 400 g/mol. The minimum Gasteiger partial charge on any atom is -0.466 e. The van der Waals surface area contributed by atoms with Gasteiger partial charge in [-0.2, -0.15) is 0 Å². The molecule has 1 heterocycles. The molecule has 2 aromatic carbocycles. The first kappa shape index (κ1) is 20.5. The summed E-state index contributed by atoms with van der Waals surface area (Å²) in [5, 5.41) is 11.7. The predicted octanol–water partition coefficient (Wildman–Crippen LogP) is 3.89. The van der Waals surface area contributed by atoms with Gasteiger partial charge < -0.3 is 14.4 Å². The van der Waals surface area contributed by atoms with E-state index in [0.717, 1.165) is 5.56 Å². The number of morpholine rings is 1. The summed E-state index contributed by atoms with van der Waals surface area (Å²) in [4.78, 5) is 24.4. The number of halogens is 1. The van der Waals surface area contributed by atoms with Crippen molar-refractivity contribution < 1.29 is 23.6 Å². The van der Waals surface area contributed by atoms with Crippen LogP contribution in [0.1, 0.15) is 24.2 Å². The molecule has 0 amide bonds. The van der Waals surface area contributed by atoms with E-state index in [2.05, 4.69) is 4.74 Å². The summed E-state index contributed by atoms with van der Waals surface area (Å²) in [6, 6.07) is 10.8. The van der Waals surface area contributed by atoms with Crippen molar-refractivity contribution in [2.75, 3.05) is 25.1 Å². The van der Waals surface area contributed by atoms with E-state index in [1.165, 1.54) is 37.5 Å². The normalized spacial score (nSPS) is 19.3. The van der Waals surface area contributed by atoms with Gasteiger partial charge in [-0.15, -0.1) is 0 Å². The third kappa shape index (κ3) is 4.97. The first-order valence-corrected chi connectivity index (χ1v) is 9.07. The third-order valence-corrected chi connectivity index (χ3v) is 4.65. The molecule has 1 fully saturated rings. The molecule has 29 heavy (non-hydrogen) atoms. The Labute approximate surface area is 167 Å². The molecule has 0 aromatic heterocycles. The van der Waals surface area contributed by atoms with Crippen molar-refractivity contribution >= 4 is 23.4 Å². The SMILES string of the molecule is COC(=O)/C=C/c1ccc(N2CC(C)OC(c3ccc(F)cc3)C2)c([N+](=O)[O-])c1. The highest BCUT2D eigenvalue weighted by Gasteiger charge is 2.30. The van der Waals surface area contributed by atoms with Gasteiger partial charge in [-0.25, -0.2) is 9.18 Å². The van der Waals surface area contributed by atoms with Gasteiger partial charge in [0.25, 0.3) is 5.69 Å². The van der Waals surface area contributed by atoms with E-state index in [1.54, 1.807) is 24.3 Å². The number of rotatable bonds is 5. The monoisotopic (exact) mass is 400 g/mol. The number of ether oxygens (including phenoxy) is 2. The largest absolute Gasteiger partial charge is 0.466 e. The second-order valence-corrected chi connectivity index (χ2v) is 6.75. The highest BCUT2D eigenvalue weighted by atomic mass is 19.1. The van der Waals surface area contributed by atoms with Gasteiger partial charge in [-0.1, -0.05) is 18.2 Å². The number of carbonyl (C=O) groups is 1. The maximum absolute atomic E-state index is 13.2. The minimum atomic E-state index is -0.541. The van der Waals surface area contributed by atoms with Gasteiger partial charge in [0.15, 0.2) is 0 Å². The molecule has 1 aliphatic rings. The van der Waals surface area contributed by atoms with Crippen LogP contribution in [0.5, 0.6) is 0 Å². The summed E-state index contributed by atoms with van der Waals surface area (Å²) in [5.41, 5.74) is 1.72. The first-order chi connectivity index (χ1) is 13.9. The Balaban J connectivity index is 1.89. The standard InChI is InChI=1S/C21H21FN2O5/c1-14-12-23(13-20(29-14)16-5-7-17(22)8-6-16)18-9-3-15(4-10-21(25)28-2)11-19(18)24(26)27/h3-11,14,20H,12-13H2,1-2H3/b10-4+. The number of benzene rings is 2. The summed E-state index contributed by atoms with van der Waals surface area (Å²) in [6.07, 6.45) is 2.17. The fourth-order valence-corrected chi connectivity index (χ4v) is 3.30. The number of hydrogen-bond donors (Lipinski definition) is 0. The van der Waals surface area contributed by atoms with E-state index in [-0.39, 0.29) is 23.7 Å². The van der Waals surface area contributed by atoms with E-state index in [0.29, 0.717) is 24.3 Å². The fourth-order valence-electron chi connectivity index (χ4n) is 3.30. The number of nitro benzene ring substituents is 1. The molecule has 8 heteroatoms. The van der Waals surface area contributed by atoms with Gasteiger partial charge in [-0.3, -0.25) is 10.1 Å². The summed E-state index contributed by atoms with van der Waals surface area (Å²) in [6.45, 7) is 2.77. The van der Waals surface area contributed by atoms with Crippen LogP contribution in [0.15, 0.2) is 48.5 Å². The second-order valence-electron chi connectivity index (χ2n) is 6.75. The zero-order valence-corrected chi connectivity index (χ0v) is 16.1. The molecule has 3 rings (SSSR count). The molecule has 152 valence electrons. The minimum absolute atomic E-state index is 0.0658. The Bertz CT molecular complexity index is 929. The van der Waals surface area contributed by atoms with Crippen molar-refractivity contribution in [3.05, 3.63) is 75.6 Å². The van der Waals surface area contributed by atoms with Crippen LogP contribution < -0.4 is 4.90 Å². The maximum Gasteiger partial charge on any atom is 0.330 e. The van der Waals surface area contributed by atoms with Crippen LogP contribution in [0.25, 0.3) is 6.08 Å². The molecule has 1 saturated heterocycles. The molecule has 2 aromatic rings. The van der Waals surface area contributed by atoms with Gasteiger partial charge in [0, 0.05) is 25.2 Å². The molecule has 0 N–H and O–H groups in total. The third-order valence-electron chi connectivity index (χ3n) is 4.65. The van der Waals surface area contributed by atoms with E-state index in [9.17, 15) is 19.3 Å². The second kappa shape index (κ2) is 8.83. The van der Waals surface area contributed by atoms with Crippen LogP contribution in [0.2, 0.25) is 0 Å². The number of methoxy groups -OCH3 is 1. The molecular weight excluding hydrogens is 379 g/mol. The lowest BCUT2D eigenvalue weighted by molar-refractivity contribution is -0.384. The van der Waals surface area contributed by atoms with Crippen LogP contribution in [0.4, 0.5) is 15.8 Å². The molecule has 0 saturated carbocycles. The van der Waals surface area contributed by atoms with Gasteiger partial charge in [0.1, 0.15) is 17.6 Å². The molecule has 7 nitrogen and oxygen atoms in total. The van der Waals surface area contributed by atoms with Crippen molar-refractivity contribution in [1.29, 1.82) is 0 Å². The quantitative estimate of drug-likeness (QED) is 0.328. The van der Waals surface area contributed by atoms with Gasteiger partial charge in [0.05, 0.1) is 18.1 Å². The lowest BCUT2D eigenvalue weighted by atomic mass is 10.0. The number of esters is 1. The Morgan fingerprint density at radius 2 is 2.00 bits per heavy atom. The Kier molecular flexibility index (Phi) is 6.23. The molecule has 2 unspecified atom stereocenters. The van der Waals surface area contributed by atoms with Crippen molar-refractivity contribution in [3.63, 3.8) is 0 Å². The topological polar surface area (TPSA) is 81.9 Å². The lowest BCUT2D eigenvalue weighted by Crippen LogP contribution is -2.43. The zero-order valence-electron chi connectivity index (χ0n) is 16.1. The molecule has 2 atom stereocenters. The summed E-state index contributed by atoms with van der Waals surface area (Å²) in [7, 11) is 1.26. The highest BCUT2D eigenvalue weighted by molar-refractivity contribution is 5.87. The van der Waals surface area contributed by atoms with E-state index in [4.69, 9.17) is 4.74 Å². The van der Waals surface area contributed by atoms with Crippen LogP contribution in [-0.2, 0) is 14.3 Å². The maximum atomic E-state index is 13.2. The Morgan fingerprint density at radius 3 is 2.66 bits per heavy atom. The zero-order chi connectivity index (χ0) is 21.0. The Hall–Kier alpha value is -3.26. The van der Waals surface area contributed by atoms with Crippen LogP contribution >= 0.6 is 0 Å². The number of carbonyl (C=O) groups excluding carboxylic acids is 1. The van der Waals surface area contributed by atoms with E-state index >= 15 is 0 Å². The fraction of sp³-hybridized carbons (Fsp3) is 0.286. The number of nitrogens with zero attached hydrogens (tertiary/aromatic N) is 2. The highest BCUT2D eigenvalue weighted by Crippen LogP contribution is 2.35. The molecule has 0 bridgehead atoms. The Morgan fingerprint density at radius 1 is 1.28 bits per heavy atom. The molecule has 1 aliphatic heterocycles. The van der Waals surface area contributed by atoms with Crippen LogP contribution in [0.3, 0.4) is 0 Å². The summed E-state index contributed by atoms with van der Waals surface area (Å²) < 4.78 is 23.7. The molecule has 0 radical (unpaired) electrons. The van der Waals surface area contributed by atoms with Gasteiger partial charge in [-0.05, 0) is 42.3 Å². The first-order valence-electron chi connectivity index (χ1n) is 9.07.